The molecular weight excluding hydrogens is 472 g/mol. The lowest BCUT2D eigenvalue weighted by molar-refractivity contribution is -0.121. The number of hydrazine groups is 1. The molecule has 0 aliphatic carbocycles. The Morgan fingerprint density at radius 2 is 1.50 bits per heavy atom. The number of fused-ring (bicyclic) bond motifs is 2. The van der Waals surface area contributed by atoms with Crippen molar-refractivity contribution < 1.29 is 9.21 Å². The molecule has 5 rings (SSSR count). The van der Waals surface area contributed by atoms with Gasteiger partial charge in [-0.05, 0) is 25.0 Å². The van der Waals surface area contributed by atoms with Gasteiger partial charge < -0.3 is 4.42 Å². The summed E-state index contributed by atoms with van der Waals surface area (Å²) in [6, 6.07) is 0. The maximum absolute atomic E-state index is 12.3. The second kappa shape index (κ2) is 10.1. The van der Waals surface area contributed by atoms with Crippen LogP contribution in [0.5, 0.6) is 0 Å². The van der Waals surface area contributed by atoms with Crippen molar-refractivity contribution in [2.75, 3.05) is 0 Å². The number of carbonyl (C=O) groups excluding carboxylic acids is 1. The number of nitrogens with two attached hydrogens (primary N) is 1. The van der Waals surface area contributed by atoms with E-state index in [2.05, 4.69) is 30.1 Å². The second-order valence-corrected chi connectivity index (χ2v) is 7.63. The Labute approximate surface area is 200 Å². The van der Waals surface area contributed by atoms with Gasteiger partial charge in [-0.1, -0.05) is 0 Å². The Kier molecular flexibility index (Phi) is 6.73. The van der Waals surface area contributed by atoms with Crippen LogP contribution in [-0.2, 0) is 17.9 Å². The predicted octanol–water partition coefficient (Wildman–Crippen LogP) is -1.09. The molecule has 5 aromatic heterocycles. The summed E-state index contributed by atoms with van der Waals surface area (Å²) in [5.41, 5.74) is 3.97. The summed E-state index contributed by atoms with van der Waals surface area (Å²) in [6.45, 7) is 3.45. The SMILES string of the molecule is Cc1cncc2ncn(CC(=O)NN)c(=O)c12.Cc1cncc2ncn(Cc3n[nH]c(=O)o3)c(=O)c12. The number of pyridine rings is 2. The number of aryl methyl sites for hydroxylation is 2. The first-order chi connectivity index (χ1) is 17.3. The van der Waals surface area contributed by atoms with Crippen LogP contribution < -0.4 is 28.1 Å². The molecule has 0 aromatic carbocycles. The minimum Gasteiger partial charge on any atom is -0.390 e. The summed E-state index contributed by atoms with van der Waals surface area (Å²) < 4.78 is 7.30. The van der Waals surface area contributed by atoms with Gasteiger partial charge in [0.2, 0.25) is 5.89 Å². The molecule has 15 heteroatoms. The average molecular weight is 492 g/mol. The molecule has 5 heterocycles. The topological polar surface area (TPSA) is 210 Å². The fourth-order valence-corrected chi connectivity index (χ4v) is 3.41. The van der Waals surface area contributed by atoms with Gasteiger partial charge >= 0.3 is 5.76 Å². The van der Waals surface area contributed by atoms with Gasteiger partial charge in [-0.15, -0.1) is 5.10 Å². The zero-order valence-corrected chi connectivity index (χ0v) is 19.1. The first kappa shape index (κ1) is 24.1. The van der Waals surface area contributed by atoms with Gasteiger partial charge in [0.1, 0.15) is 13.1 Å². The standard InChI is InChI=1S/C11H9N5O3.C10H11N5O2/c1-6-2-12-3-7-9(6)10(17)16(5-13-7)4-8-14-15-11(18)19-8;1-6-2-12-3-7-9(6)10(17)15(5-13-7)4-8(16)14-11/h2-3,5H,4H2,1H3,(H,15,18);2-3,5H,4,11H2,1H3,(H,14,16). The van der Waals surface area contributed by atoms with Crippen molar-refractivity contribution in [3.8, 4) is 0 Å². The van der Waals surface area contributed by atoms with Crippen molar-refractivity contribution >= 4 is 27.7 Å². The molecule has 0 bridgehead atoms. The molecule has 5 aromatic rings. The highest BCUT2D eigenvalue weighted by molar-refractivity contribution is 5.81. The van der Waals surface area contributed by atoms with E-state index >= 15 is 0 Å². The summed E-state index contributed by atoms with van der Waals surface area (Å²) in [7, 11) is 0. The number of aromatic nitrogens is 8. The number of hydrogen-bond donors (Lipinski definition) is 3. The Morgan fingerprint density at radius 1 is 0.944 bits per heavy atom. The number of nitrogens with one attached hydrogen (secondary N) is 2. The van der Waals surface area contributed by atoms with Crippen molar-refractivity contribution in [2.45, 2.75) is 26.9 Å². The van der Waals surface area contributed by atoms with Crippen LogP contribution in [-0.4, -0.2) is 45.2 Å². The van der Waals surface area contributed by atoms with E-state index in [0.717, 1.165) is 11.1 Å². The van der Waals surface area contributed by atoms with Crippen molar-refractivity contribution in [3.63, 3.8) is 0 Å². The number of carbonyl (C=O) groups is 1. The van der Waals surface area contributed by atoms with Gasteiger partial charge in [0.05, 0.1) is 46.9 Å². The Hall–Kier alpha value is -5.05. The molecule has 0 atom stereocenters. The van der Waals surface area contributed by atoms with E-state index in [0.29, 0.717) is 21.8 Å². The predicted molar refractivity (Wildman–Crippen MR) is 126 cm³/mol. The summed E-state index contributed by atoms with van der Waals surface area (Å²) in [6.07, 6.45) is 8.91. The van der Waals surface area contributed by atoms with Crippen LogP contribution >= 0.6 is 0 Å². The summed E-state index contributed by atoms with van der Waals surface area (Å²) in [5.74, 6) is 3.98. The molecule has 0 spiro atoms. The lowest BCUT2D eigenvalue weighted by Gasteiger charge is -2.06. The van der Waals surface area contributed by atoms with E-state index in [4.69, 9.17) is 10.3 Å². The zero-order chi connectivity index (χ0) is 25.8. The van der Waals surface area contributed by atoms with Gasteiger partial charge in [0.15, 0.2) is 0 Å². The number of hydrogen-bond acceptors (Lipinski definition) is 11. The quantitative estimate of drug-likeness (QED) is 0.156. The molecule has 15 nitrogen and oxygen atoms in total. The molecule has 0 aliphatic heterocycles. The number of nitrogens with zero attached hydrogens (tertiary/aromatic N) is 7. The molecule has 4 N–H and O–H groups in total. The summed E-state index contributed by atoms with van der Waals surface area (Å²) >= 11 is 0. The minimum absolute atomic E-state index is 0.0439. The maximum atomic E-state index is 12.3. The maximum Gasteiger partial charge on any atom is 0.434 e. The van der Waals surface area contributed by atoms with Crippen LogP contribution in [0.1, 0.15) is 17.0 Å². The Bertz CT molecular complexity index is 1750. The van der Waals surface area contributed by atoms with Gasteiger partial charge in [-0.3, -0.25) is 38.9 Å². The van der Waals surface area contributed by atoms with Gasteiger partial charge in [-0.2, -0.15) is 0 Å². The molecule has 1 amide bonds. The van der Waals surface area contributed by atoms with Crippen molar-refractivity contribution in [1.82, 2.24) is 44.7 Å². The van der Waals surface area contributed by atoms with E-state index in [9.17, 15) is 19.2 Å². The van der Waals surface area contributed by atoms with Gasteiger partial charge in [-0.25, -0.2) is 25.7 Å². The smallest absolute Gasteiger partial charge is 0.390 e. The molecule has 0 unspecified atom stereocenters. The van der Waals surface area contributed by atoms with Crippen molar-refractivity contribution in [2.24, 2.45) is 5.84 Å². The number of aromatic amines is 1. The highest BCUT2D eigenvalue weighted by atomic mass is 16.4. The molecule has 36 heavy (non-hydrogen) atoms. The number of rotatable bonds is 4. The van der Waals surface area contributed by atoms with E-state index in [1.807, 2.05) is 5.43 Å². The molecule has 0 radical (unpaired) electrons. The fourth-order valence-electron chi connectivity index (χ4n) is 3.41. The number of H-pyrrole nitrogens is 1. The van der Waals surface area contributed by atoms with E-state index < -0.39 is 11.7 Å². The largest absolute Gasteiger partial charge is 0.434 e. The van der Waals surface area contributed by atoms with E-state index in [1.165, 1.54) is 34.2 Å². The van der Waals surface area contributed by atoms with Crippen LogP contribution in [0.15, 0.2) is 56.2 Å². The third kappa shape index (κ3) is 4.90. The third-order valence-electron chi connectivity index (χ3n) is 5.12. The monoisotopic (exact) mass is 492 g/mol. The van der Waals surface area contributed by atoms with Crippen molar-refractivity contribution in [3.05, 3.63) is 85.7 Å². The normalized spacial score (nSPS) is 10.8. The van der Waals surface area contributed by atoms with E-state index in [1.54, 1.807) is 26.2 Å². The molecule has 0 saturated carbocycles. The van der Waals surface area contributed by atoms with Crippen LogP contribution in [0.4, 0.5) is 0 Å². The number of amides is 1. The van der Waals surface area contributed by atoms with Crippen LogP contribution in [0.2, 0.25) is 0 Å². The average Bonchev–Trinajstić information content (AvgIpc) is 3.27. The molecule has 0 aliphatic rings. The summed E-state index contributed by atoms with van der Waals surface area (Å²) in [5, 5.41) is 6.75. The first-order valence-corrected chi connectivity index (χ1v) is 10.4. The molecule has 0 fully saturated rings. The Morgan fingerprint density at radius 3 is 2.03 bits per heavy atom. The molecule has 0 saturated heterocycles. The highest BCUT2D eigenvalue weighted by Crippen LogP contribution is 2.10. The Balaban J connectivity index is 0.000000170. The van der Waals surface area contributed by atoms with Crippen molar-refractivity contribution in [1.29, 1.82) is 0 Å². The van der Waals surface area contributed by atoms with Crippen LogP contribution in [0, 0.1) is 13.8 Å². The second-order valence-electron chi connectivity index (χ2n) is 7.63. The summed E-state index contributed by atoms with van der Waals surface area (Å²) in [4.78, 5) is 62.5. The first-order valence-electron chi connectivity index (χ1n) is 10.4. The zero-order valence-electron chi connectivity index (χ0n) is 19.1. The van der Waals surface area contributed by atoms with Gasteiger partial charge in [0, 0.05) is 12.4 Å². The molecular formula is C21H20N10O5. The van der Waals surface area contributed by atoms with Crippen LogP contribution in [0.25, 0.3) is 21.8 Å². The van der Waals surface area contributed by atoms with E-state index in [-0.39, 0.29) is 30.1 Å². The molecule has 184 valence electrons. The van der Waals surface area contributed by atoms with Gasteiger partial charge in [0.25, 0.3) is 17.0 Å². The highest BCUT2D eigenvalue weighted by Gasteiger charge is 2.10. The minimum atomic E-state index is -0.655. The third-order valence-corrected chi connectivity index (χ3v) is 5.12. The fraction of sp³-hybridized carbons (Fsp3) is 0.190. The van der Waals surface area contributed by atoms with Crippen LogP contribution in [0.3, 0.4) is 0 Å². The lowest BCUT2D eigenvalue weighted by atomic mass is 10.2. The lowest BCUT2D eigenvalue weighted by Crippen LogP contribution is -2.36.